The SMILES string of the molecule is CCS(=O)(=O)c1ccc(C(CO)NC(=O)c2nn(C(C)(C)C)c(Oc3cncc(CO)c3C(F)(F)F)c2C)cc1. The molecular formula is C26H31F3N4O6S. The van der Waals surface area contributed by atoms with Crippen LogP contribution in [0.15, 0.2) is 41.6 Å². The molecule has 40 heavy (non-hydrogen) atoms. The molecule has 1 unspecified atom stereocenters. The van der Waals surface area contributed by atoms with Crippen molar-refractivity contribution in [2.75, 3.05) is 12.4 Å². The lowest BCUT2D eigenvalue weighted by Gasteiger charge is -2.23. The summed E-state index contributed by atoms with van der Waals surface area (Å²) < 4.78 is 72.7. The predicted octanol–water partition coefficient (Wildman–Crippen LogP) is 3.90. The molecule has 10 nitrogen and oxygen atoms in total. The van der Waals surface area contributed by atoms with E-state index in [1.54, 1.807) is 20.8 Å². The molecule has 0 bridgehead atoms. The van der Waals surface area contributed by atoms with Gasteiger partial charge >= 0.3 is 6.18 Å². The van der Waals surface area contributed by atoms with Crippen LogP contribution in [0.5, 0.6) is 11.6 Å². The normalized spacial score (nSPS) is 13.2. The fourth-order valence-electron chi connectivity index (χ4n) is 3.91. The average molecular weight is 585 g/mol. The number of carbonyl (C=O) groups excluding carboxylic acids is 1. The van der Waals surface area contributed by atoms with Crippen molar-refractivity contribution >= 4 is 15.7 Å². The van der Waals surface area contributed by atoms with Gasteiger partial charge in [0.2, 0.25) is 5.88 Å². The zero-order valence-electron chi connectivity index (χ0n) is 22.6. The molecule has 1 atom stereocenters. The van der Waals surface area contributed by atoms with E-state index in [9.17, 15) is 36.6 Å². The smallest absolute Gasteiger partial charge is 0.420 e. The maximum absolute atomic E-state index is 13.9. The van der Waals surface area contributed by atoms with Crippen LogP contribution >= 0.6 is 0 Å². The van der Waals surface area contributed by atoms with Crippen LogP contribution in [0.3, 0.4) is 0 Å². The average Bonchev–Trinajstić information content (AvgIpc) is 3.22. The van der Waals surface area contributed by atoms with Crippen LogP contribution in [0.4, 0.5) is 13.2 Å². The van der Waals surface area contributed by atoms with Gasteiger partial charge in [-0.1, -0.05) is 19.1 Å². The summed E-state index contributed by atoms with van der Waals surface area (Å²) in [6, 6.07) is 4.76. The number of hydrogen-bond acceptors (Lipinski definition) is 8. The van der Waals surface area contributed by atoms with E-state index in [1.807, 2.05) is 0 Å². The Hall–Kier alpha value is -3.49. The minimum atomic E-state index is -4.86. The number of nitrogens with one attached hydrogen (secondary N) is 1. The minimum absolute atomic E-state index is 0.0859. The lowest BCUT2D eigenvalue weighted by atomic mass is 10.1. The van der Waals surface area contributed by atoms with E-state index in [-0.39, 0.29) is 27.8 Å². The monoisotopic (exact) mass is 584 g/mol. The number of benzene rings is 1. The van der Waals surface area contributed by atoms with Crippen molar-refractivity contribution in [1.82, 2.24) is 20.1 Å². The van der Waals surface area contributed by atoms with Crippen LogP contribution in [-0.4, -0.2) is 51.7 Å². The largest absolute Gasteiger partial charge is 0.437 e. The van der Waals surface area contributed by atoms with Gasteiger partial charge < -0.3 is 20.3 Å². The van der Waals surface area contributed by atoms with Gasteiger partial charge in [-0.05, 0) is 45.4 Å². The minimum Gasteiger partial charge on any atom is -0.437 e. The first-order chi connectivity index (χ1) is 18.5. The van der Waals surface area contributed by atoms with Crippen molar-refractivity contribution in [3.05, 3.63) is 64.6 Å². The highest BCUT2D eigenvalue weighted by atomic mass is 32.2. The van der Waals surface area contributed by atoms with Crippen molar-refractivity contribution in [2.24, 2.45) is 0 Å². The molecule has 3 aromatic rings. The van der Waals surface area contributed by atoms with E-state index >= 15 is 0 Å². The van der Waals surface area contributed by atoms with Gasteiger partial charge in [0.25, 0.3) is 5.91 Å². The first kappa shape index (κ1) is 31.0. The Labute approximate surface area is 229 Å². The first-order valence-corrected chi connectivity index (χ1v) is 13.9. The number of sulfone groups is 1. The topological polar surface area (TPSA) is 144 Å². The number of ether oxygens (including phenoxy) is 1. The van der Waals surface area contributed by atoms with E-state index in [4.69, 9.17) is 4.74 Å². The van der Waals surface area contributed by atoms with Crippen molar-refractivity contribution in [3.8, 4) is 11.6 Å². The second-order valence-electron chi connectivity index (χ2n) is 9.97. The van der Waals surface area contributed by atoms with Crippen LogP contribution in [0.2, 0.25) is 0 Å². The summed E-state index contributed by atoms with van der Waals surface area (Å²) in [4.78, 5) is 17.1. The summed E-state index contributed by atoms with van der Waals surface area (Å²) in [6.45, 7) is 6.66. The van der Waals surface area contributed by atoms with Crippen molar-refractivity contribution in [2.45, 2.75) is 63.9 Å². The van der Waals surface area contributed by atoms with Crippen LogP contribution in [0, 0.1) is 6.92 Å². The van der Waals surface area contributed by atoms with Gasteiger partial charge in [0.15, 0.2) is 21.3 Å². The Bertz CT molecular complexity index is 1480. The number of alkyl halides is 3. The van der Waals surface area contributed by atoms with Gasteiger partial charge in [0, 0.05) is 17.3 Å². The summed E-state index contributed by atoms with van der Waals surface area (Å²) in [5, 5.41) is 26.3. The fraction of sp³-hybridized carbons (Fsp3) is 0.423. The van der Waals surface area contributed by atoms with E-state index in [0.29, 0.717) is 5.56 Å². The Morgan fingerprint density at radius 1 is 1.12 bits per heavy atom. The zero-order chi connectivity index (χ0) is 30.0. The molecule has 3 rings (SSSR count). The maximum atomic E-state index is 13.9. The molecule has 3 N–H and O–H groups in total. The van der Waals surface area contributed by atoms with Crippen molar-refractivity contribution in [3.63, 3.8) is 0 Å². The van der Waals surface area contributed by atoms with Gasteiger partial charge in [-0.3, -0.25) is 9.78 Å². The Kier molecular flexibility index (Phi) is 8.96. The fourth-order valence-corrected chi connectivity index (χ4v) is 4.80. The number of pyridine rings is 1. The van der Waals surface area contributed by atoms with Gasteiger partial charge in [-0.15, -0.1) is 0 Å². The summed E-state index contributed by atoms with van der Waals surface area (Å²) in [7, 11) is -3.44. The molecule has 14 heteroatoms. The molecule has 2 heterocycles. The number of halogens is 3. The van der Waals surface area contributed by atoms with Gasteiger partial charge in [-0.25, -0.2) is 13.1 Å². The lowest BCUT2D eigenvalue weighted by Crippen LogP contribution is -2.32. The summed E-state index contributed by atoms with van der Waals surface area (Å²) in [5.41, 5.74) is -2.13. The number of nitrogens with zero attached hydrogens (tertiary/aromatic N) is 3. The van der Waals surface area contributed by atoms with Crippen LogP contribution in [0.1, 0.15) is 66.5 Å². The second-order valence-corrected chi connectivity index (χ2v) is 12.3. The number of aliphatic hydroxyl groups is 2. The van der Waals surface area contributed by atoms with Gasteiger partial charge in [-0.2, -0.15) is 18.3 Å². The number of hydrogen-bond donors (Lipinski definition) is 3. The van der Waals surface area contributed by atoms with E-state index in [1.165, 1.54) is 42.8 Å². The van der Waals surface area contributed by atoms with E-state index < -0.39 is 63.6 Å². The Morgan fingerprint density at radius 3 is 2.25 bits per heavy atom. The molecule has 1 amide bonds. The van der Waals surface area contributed by atoms with Crippen molar-refractivity contribution < 1.29 is 41.3 Å². The molecular weight excluding hydrogens is 553 g/mol. The molecule has 0 aliphatic heterocycles. The molecule has 218 valence electrons. The Balaban J connectivity index is 2.01. The van der Waals surface area contributed by atoms with E-state index in [0.717, 1.165) is 12.4 Å². The van der Waals surface area contributed by atoms with Crippen molar-refractivity contribution in [1.29, 1.82) is 0 Å². The summed E-state index contributed by atoms with van der Waals surface area (Å²) in [5.74, 6) is -1.64. The number of rotatable bonds is 9. The molecule has 0 aliphatic carbocycles. The van der Waals surface area contributed by atoms with Crippen LogP contribution < -0.4 is 10.1 Å². The molecule has 0 radical (unpaired) electrons. The van der Waals surface area contributed by atoms with Gasteiger partial charge in [0.05, 0.1) is 41.6 Å². The Morgan fingerprint density at radius 2 is 1.75 bits per heavy atom. The number of aromatic nitrogens is 3. The first-order valence-electron chi connectivity index (χ1n) is 12.2. The third kappa shape index (κ3) is 6.45. The molecule has 1 aromatic carbocycles. The third-order valence-corrected chi connectivity index (χ3v) is 7.83. The van der Waals surface area contributed by atoms with Crippen LogP contribution in [-0.2, 0) is 28.2 Å². The highest BCUT2D eigenvalue weighted by molar-refractivity contribution is 7.91. The molecule has 0 saturated carbocycles. The molecule has 0 aliphatic rings. The molecule has 2 aromatic heterocycles. The molecule has 0 spiro atoms. The molecule has 0 fully saturated rings. The van der Waals surface area contributed by atoms with Gasteiger partial charge in [0.1, 0.15) is 5.56 Å². The lowest BCUT2D eigenvalue weighted by molar-refractivity contribution is -0.139. The highest BCUT2D eigenvalue weighted by Gasteiger charge is 2.39. The molecule has 0 saturated heterocycles. The standard InChI is InChI=1S/C26H31F3N4O6S/c1-6-40(37,38)18-9-7-16(8-10-18)19(14-35)31-23(36)22-15(2)24(33(32-22)25(3,4)5)39-20-12-30-11-17(13-34)21(20)26(27,28)29/h7-12,19,34-35H,6,13-14H2,1-5H3,(H,31,36). The summed E-state index contributed by atoms with van der Waals surface area (Å²) in [6.07, 6.45) is -3.11. The number of aliphatic hydroxyl groups excluding tert-OH is 2. The zero-order valence-corrected chi connectivity index (χ0v) is 23.4. The quantitative estimate of drug-likeness (QED) is 0.344. The third-order valence-electron chi connectivity index (χ3n) is 6.08. The highest BCUT2D eigenvalue weighted by Crippen LogP contribution is 2.41. The van der Waals surface area contributed by atoms with Crippen LogP contribution in [0.25, 0.3) is 0 Å². The van der Waals surface area contributed by atoms with E-state index in [2.05, 4.69) is 15.4 Å². The number of carbonyl (C=O) groups is 1. The second kappa shape index (κ2) is 11.6. The maximum Gasteiger partial charge on any atom is 0.420 e. The summed E-state index contributed by atoms with van der Waals surface area (Å²) >= 11 is 0. The number of amides is 1. The predicted molar refractivity (Wildman–Crippen MR) is 139 cm³/mol.